The van der Waals surface area contributed by atoms with Gasteiger partial charge in [0, 0.05) is 4.90 Å². The number of hydrogen-bond donors (Lipinski definition) is 1. The van der Waals surface area contributed by atoms with Gasteiger partial charge in [-0.3, -0.25) is 0 Å². The molecule has 0 unspecified atom stereocenters. The molecule has 0 aromatic heterocycles. The zero-order valence-corrected chi connectivity index (χ0v) is 9.70. The first-order chi connectivity index (χ1) is 7.79. The summed E-state index contributed by atoms with van der Waals surface area (Å²) in [5.41, 5.74) is 0. The Kier molecular flexibility index (Phi) is 3.37. The van der Waals surface area contributed by atoms with Crippen LogP contribution in [-0.4, -0.2) is 12.2 Å². The third-order valence-electron chi connectivity index (χ3n) is 2.15. The maximum Gasteiger partial charge on any atom is 0.129 e. The number of methoxy groups -OCH3 is 1. The fourth-order valence-corrected chi connectivity index (χ4v) is 2.16. The molecule has 0 fully saturated rings. The maximum atomic E-state index is 9.63. The molecule has 2 aromatic rings. The Bertz CT molecular complexity index is 466. The predicted octanol–water partition coefficient (Wildman–Crippen LogP) is 3.55. The minimum atomic E-state index is 0.309. The summed E-state index contributed by atoms with van der Waals surface area (Å²) in [4.78, 5) is 1.93. The number of para-hydroxylation sites is 1. The summed E-state index contributed by atoms with van der Waals surface area (Å²) in [6, 6.07) is 15.0. The van der Waals surface area contributed by atoms with E-state index in [2.05, 4.69) is 0 Å². The molecule has 0 radical (unpaired) electrons. The molecular formula is C13H12O2S. The molecule has 1 N–H and O–H groups in total. The molecular weight excluding hydrogens is 220 g/mol. The summed E-state index contributed by atoms with van der Waals surface area (Å²) in [6.07, 6.45) is 0. The molecule has 0 saturated carbocycles. The van der Waals surface area contributed by atoms with Crippen LogP contribution in [0.15, 0.2) is 58.3 Å². The van der Waals surface area contributed by atoms with Crippen LogP contribution in [0.5, 0.6) is 11.5 Å². The van der Waals surface area contributed by atoms with Crippen molar-refractivity contribution in [2.45, 2.75) is 9.79 Å². The first kappa shape index (κ1) is 10.9. The lowest BCUT2D eigenvalue weighted by Crippen LogP contribution is -1.81. The van der Waals surface area contributed by atoms with E-state index in [0.29, 0.717) is 5.75 Å². The highest BCUT2D eigenvalue weighted by Gasteiger charge is 2.02. The number of benzene rings is 2. The van der Waals surface area contributed by atoms with Gasteiger partial charge < -0.3 is 9.84 Å². The average Bonchev–Trinajstić information content (AvgIpc) is 2.33. The van der Waals surface area contributed by atoms with Crippen LogP contribution in [0, 0.1) is 0 Å². The van der Waals surface area contributed by atoms with Crippen LogP contribution < -0.4 is 4.74 Å². The van der Waals surface area contributed by atoms with E-state index < -0.39 is 0 Å². The van der Waals surface area contributed by atoms with Crippen LogP contribution in [0.1, 0.15) is 0 Å². The highest BCUT2D eigenvalue weighted by molar-refractivity contribution is 7.99. The van der Waals surface area contributed by atoms with E-state index >= 15 is 0 Å². The van der Waals surface area contributed by atoms with E-state index in [4.69, 9.17) is 4.74 Å². The van der Waals surface area contributed by atoms with Crippen molar-refractivity contribution in [2.75, 3.05) is 7.11 Å². The fraction of sp³-hybridized carbons (Fsp3) is 0.0769. The lowest BCUT2D eigenvalue weighted by Gasteiger charge is -2.04. The van der Waals surface area contributed by atoms with Crippen molar-refractivity contribution in [1.82, 2.24) is 0 Å². The Morgan fingerprint density at radius 1 is 1.00 bits per heavy atom. The first-order valence-electron chi connectivity index (χ1n) is 4.89. The Balaban J connectivity index is 2.18. The predicted molar refractivity (Wildman–Crippen MR) is 65.2 cm³/mol. The second-order valence-electron chi connectivity index (χ2n) is 3.25. The van der Waals surface area contributed by atoms with Gasteiger partial charge in [0.05, 0.1) is 12.0 Å². The fourth-order valence-electron chi connectivity index (χ4n) is 1.31. The summed E-state index contributed by atoms with van der Waals surface area (Å²) in [6.45, 7) is 0. The number of phenols is 1. The molecule has 0 heterocycles. The molecule has 0 aliphatic heterocycles. The number of rotatable bonds is 3. The Labute approximate surface area is 98.9 Å². The van der Waals surface area contributed by atoms with Crippen molar-refractivity contribution in [3.63, 3.8) is 0 Å². The van der Waals surface area contributed by atoms with Gasteiger partial charge in [-0.25, -0.2) is 0 Å². The Morgan fingerprint density at radius 2 is 1.69 bits per heavy atom. The van der Waals surface area contributed by atoms with Gasteiger partial charge in [0.2, 0.25) is 0 Å². The zero-order valence-electron chi connectivity index (χ0n) is 8.88. The molecule has 0 aliphatic carbocycles. The van der Waals surface area contributed by atoms with Crippen LogP contribution in [0.2, 0.25) is 0 Å². The minimum Gasteiger partial charge on any atom is -0.507 e. The highest BCUT2D eigenvalue weighted by Crippen LogP contribution is 2.34. The number of aromatic hydroxyl groups is 1. The van der Waals surface area contributed by atoms with Gasteiger partial charge in [-0.2, -0.15) is 0 Å². The van der Waals surface area contributed by atoms with Crippen molar-refractivity contribution in [2.24, 2.45) is 0 Å². The SMILES string of the molecule is COc1ccc(Sc2ccccc2O)cc1. The molecule has 3 heteroatoms. The molecule has 2 aromatic carbocycles. The van der Waals surface area contributed by atoms with Crippen LogP contribution in [0.3, 0.4) is 0 Å². The molecule has 2 nitrogen and oxygen atoms in total. The summed E-state index contributed by atoms with van der Waals surface area (Å²) in [7, 11) is 1.64. The Morgan fingerprint density at radius 3 is 2.31 bits per heavy atom. The summed E-state index contributed by atoms with van der Waals surface area (Å²) in [5.74, 6) is 1.14. The summed E-state index contributed by atoms with van der Waals surface area (Å²) in [5, 5.41) is 9.63. The number of ether oxygens (including phenoxy) is 1. The second-order valence-corrected chi connectivity index (χ2v) is 4.36. The van der Waals surface area contributed by atoms with Gasteiger partial charge in [-0.1, -0.05) is 23.9 Å². The third kappa shape index (κ3) is 2.49. The van der Waals surface area contributed by atoms with Crippen LogP contribution in [0.4, 0.5) is 0 Å². The molecule has 0 spiro atoms. The molecule has 0 atom stereocenters. The molecule has 0 amide bonds. The molecule has 0 saturated heterocycles. The molecule has 16 heavy (non-hydrogen) atoms. The molecule has 0 bridgehead atoms. The zero-order chi connectivity index (χ0) is 11.4. The van der Waals surface area contributed by atoms with Crippen molar-refractivity contribution < 1.29 is 9.84 Å². The van der Waals surface area contributed by atoms with Crippen LogP contribution >= 0.6 is 11.8 Å². The monoisotopic (exact) mass is 232 g/mol. The van der Waals surface area contributed by atoms with Gasteiger partial charge in [0.15, 0.2) is 0 Å². The van der Waals surface area contributed by atoms with Crippen molar-refractivity contribution in [1.29, 1.82) is 0 Å². The third-order valence-corrected chi connectivity index (χ3v) is 3.23. The summed E-state index contributed by atoms with van der Waals surface area (Å²) >= 11 is 1.53. The van der Waals surface area contributed by atoms with Crippen molar-refractivity contribution >= 4 is 11.8 Å². The average molecular weight is 232 g/mol. The molecule has 0 aliphatic rings. The van der Waals surface area contributed by atoms with Gasteiger partial charge in [-0.15, -0.1) is 0 Å². The van der Waals surface area contributed by atoms with E-state index in [1.807, 2.05) is 42.5 Å². The smallest absolute Gasteiger partial charge is 0.129 e. The van der Waals surface area contributed by atoms with Gasteiger partial charge in [-0.05, 0) is 36.4 Å². The number of phenolic OH excluding ortho intramolecular Hbond substituents is 1. The maximum absolute atomic E-state index is 9.63. The normalized spacial score (nSPS) is 10.1. The standard InChI is InChI=1S/C13H12O2S/c1-15-10-6-8-11(9-7-10)16-13-5-3-2-4-12(13)14/h2-9,14H,1H3. The quantitative estimate of drug-likeness (QED) is 0.877. The molecule has 82 valence electrons. The van der Waals surface area contributed by atoms with E-state index in [1.54, 1.807) is 13.2 Å². The van der Waals surface area contributed by atoms with Crippen molar-refractivity contribution in [3.05, 3.63) is 48.5 Å². The largest absolute Gasteiger partial charge is 0.507 e. The topological polar surface area (TPSA) is 29.5 Å². The lowest BCUT2D eigenvalue weighted by molar-refractivity contribution is 0.414. The van der Waals surface area contributed by atoms with Gasteiger partial charge in [0.25, 0.3) is 0 Å². The highest BCUT2D eigenvalue weighted by atomic mass is 32.2. The van der Waals surface area contributed by atoms with E-state index in [0.717, 1.165) is 15.5 Å². The van der Waals surface area contributed by atoms with Gasteiger partial charge in [0.1, 0.15) is 11.5 Å². The van der Waals surface area contributed by atoms with E-state index in [1.165, 1.54) is 11.8 Å². The van der Waals surface area contributed by atoms with Crippen LogP contribution in [0.25, 0.3) is 0 Å². The van der Waals surface area contributed by atoms with Gasteiger partial charge >= 0.3 is 0 Å². The van der Waals surface area contributed by atoms with E-state index in [9.17, 15) is 5.11 Å². The van der Waals surface area contributed by atoms with Crippen molar-refractivity contribution in [3.8, 4) is 11.5 Å². The minimum absolute atomic E-state index is 0.309. The second kappa shape index (κ2) is 4.94. The number of hydrogen-bond acceptors (Lipinski definition) is 3. The lowest BCUT2D eigenvalue weighted by atomic mass is 10.3. The summed E-state index contributed by atoms with van der Waals surface area (Å²) < 4.78 is 5.08. The Hall–Kier alpha value is -1.61. The van der Waals surface area contributed by atoms with E-state index in [-0.39, 0.29) is 0 Å². The first-order valence-corrected chi connectivity index (χ1v) is 5.71. The molecule has 2 rings (SSSR count). The van der Waals surface area contributed by atoms with Crippen LogP contribution in [-0.2, 0) is 0 Å².